The summed E-state index contributed by atoms with van der Waals surface area (Å²) in [6.07, 6.45) is 2.24. The number of ketones is 1. The van der Waals surface area contributed by atoms with Crippen LogP contribution >= 0.6 is 0 Å². The SMILES string of the molecule is O=C1[C@@H]2C[C@H]3C(=C4c5ccccc5-c5ccccc54)[C@@H]2C[C@@H]13. The van der Waals surface area contributed by atoms with Crippen molar-refractivity contribution in [1.29, 1.82) is 0 Å². The molecule has 4 saturated carbocycles. The fraction of sp³-hybridized carbons (Fsp3) is 0.286. The number of fused-ring (bicyclic) bond motifs is 3. The van der Waals surface area contributed by atoms with Crippen molar-refractivity contribution in [3.8, 4) is 11.1 Å². The maximum Gasteiger partial charge on any atom is 0.140 e. The molecule has 0 amide bonds. The Bertz CT molecular complexity index is 819. The van der Waals surface area contributed by atoms with E-state index in [2.05, 4.69) is 48.5 Å². The molecule has 1 heteroatoms. The summed E-state index contributed by atoms with van der Waals surface area (Å²) < 4.78 is 0. The number of Topliss-reactive ketones (excluding diaryl/α,β-unsaturated/α-hetero) is 1. The fourth-order valence-corrected chi connectivity index (χ4v) is 5.77. The largest absolute Gasteiger partial charge is 0.299 e. The molecule has 0 saturated heterocycles. The Hall–Kier alpha value is -2.15. The molecule has 4 fully saturated rings. The molecule has 106 valence electrons. The van der Waals surface area contributed by atoms with Crippen LogP contribution in [0.15, 0.2) is 54.1 Å². The van der Waals surface area contributed by atoms with Gasteiger partial charge in [0.05, 0.1) is 0 Å². The van der Waals surface area contributed by atoms with E-state index in [1.807, 2.05) is 0 Å². The fourth-order valence-electron chi connectivity index (χ4n) is 5.77. The van der Waals surface area contributed by atoms with Gasteiger partial charge in [-0.3, -0.25) is 4.79 Å². The average Bonchev–Trinajstić information content (AvgIpc) is 3.31. The molecular weight excluding hydrogens is 268 g/mol. The van der Waals surface area contributed by atoms with Gasteiger partial charge in [0.25, 0.3) is 0 Å². The van der Waals surface area contributed by atoms with E-state index in [1.165, 1.54) is 27.8 Å². The van der Waals surface area contributed by atoms with Gasteiger partial charge in [-0.25, -0.2) is 0 Å². The molecule has 0 aliphatic heterocycles. The second-order valence-corrected chi connectivity index (χ2v) is 7.22. The summed E-state index contributed by atoms with van der Waals surface area (Å²) in [4.78, 5) is 12.2. The summed E-state index contributed by atoms with van der Waals surface area (Å²) >= 11 is 0. The van der Waals surface area contributed by atoms with Crippen molar-refractivity contribution < 1.29 is 4.79 Å². The van der Waals surface area contributed by atoms with Gasteiger partial charge in [0.2, 0.25) is 0 Å². The van der Waals surface area contributed by atoms with Gasteiger partial charge >= 0.3 is 0 Å². The predicted octanol–water partition coefficient (Wildman–Crippen LogP) is 4.32. The third-order valence-electron chi connectivity index (χ3n) is 6.49. The molecule has 4 bridgehead atoms. The zero-order valence-electron chi connectivity index (χ0n) is 12.3. The van der Waals surface area contributed by atoms with E-state index in [9.17, 15) is 4.79 Å². The second-order valence-electron chi connectivity index (χ2n) is 7.22. The lowest BCUT2D eigenvalue weighted by Gasteiger charge is -2.17. The molecular formula is C21H16O. The lowest BCUT2D eigenvalue weighted by molar-refractivity contribution is -0.122. The zero-order chi connectivity index (χ0) is 14.4. The van der Waals surface area contributed by atoms with E-state index in [1.54, 1.807) is 5.57 Å². The van der Waals surface area contributed by atoms with Gasteiger partial charge in [-0.2, -0.15) is 0 Å². The van der Waals surface area contributed by atoms with Crippen molar-refractivity contribution in [2.45, 2.75) is 12.8 Å². The van der Waals surface area contributed by atoms with Gasteiger partial charge in [-0.15, -0.1) is 0 Å². The maximum atomic E-state index is 12.2. The highest BCUT2D eigenvalue weighted by atomic mass is 16.1. The molecule has 0 unspecified atom stereocenters. The number of hydrogen-bond acceptors (Lipinski definition) is 1. The number of carbonyl (C=O) groups excluding carboxylic acids is 1. The standard InChI is InChI=1S/C21H16O/c22-21-17-9-15-18(21)10-16(17)20(15)19-13-7-3-1-5-11(13)12-6-2-4-8-14(12)19/h1-8,15-18H,9-10H2/t15-,16-,17-,18-/m1/s1. The lowest BCUT2D eigenvalue weighted by atomic mass is 9.86. The van der Waals surface area contributed by atoms with E-state index in [0.29, 0.717) is 29.5 Å². The van der Waals surface area contributed by atoms with Gasteiger partial charge in [-0.05, 0) is 52.5 Å². The third kappa shape index (κ3) is 1.10. The smallest absolute Gasteiger partial charge is 0.140 e. The van der Waals surface area contributed by atoms with Crippen LogP contribution < -0.4 is 0 Å². The summed E-state index contributed by atoms with van der Waals surface area (Å²) in [5, 5.41) is 0. The van der Waals surface area contributed by atoms with Crippen LogP contribution in [0.1, 0.15) is 24.0 Å². The van der Waals surface area contributed by atoms with E-state index < -0.39 is 0 Å². The number of benzene rings is 2. The van der Waals surface area contributed by atoms with Crippen LogP contribution in [0.4, 0.5) is 0 Å². The minimum atomic E-state index is 0.345. The number of allylic oxidation sites excluding steroid dienone is 1. The van der Waals surface area contributed by atoms with Crippen molar-refractivity contribution in [1.82, 2.24) is 0 Å². The van der Waals surface area contributed by atoms with Crippen molar-refractivity contribution in [3.05, 3.63) is 65.2 Å². The third-order valence-corrected chi connectivity index (χ3v) is 6.49. The molecule has 0 aromatic heterocycles. The van der Waals surface area contributed by atoms with Crippen LogP contribution in [0, 0.1) is 23.7 Å². The summed E-state index contributed by atoms with van der Waals surface area (Å²) in [6, 6.07) is 17.6. The number of hydrogen-bond donors (Lipinski definition) is 0. The van der Waals surface area contributed by atoms with Crippen molar-refractivity contribution >= 4 is 11.4 Å². The number of rotatable bonds is 0. The Kier molecular flexibility index (Phi) is 1.87. The van der Waals surface area contributed by atoms with Gasteiger partial charge < -0.3 is 0 Å². The summed E-state index contributed by atoms with van der Waals surface area (Å²) in [7, 11) is 0. The zero-order valence-corrected chi connectivity index (χ0v) is 12.3. The first kappa shape index (κ1) is 11.4. The summed E-state index contributed by atoms with van der Waals surface area (Å²) in [6.45, 7) is 0. The van der Waals surface area contributed by atoms with E-state index in [0.717, 1.165) is 12.8 Å². The van der Waals surface area contributed by atoms with Crippen LogP contribution in [-0.2, 0) is 4.79 Å². The van der Waals surface area contributed by atoms with Crippen LogP contribution in [0.5, 0.6) is 0 Å². The van der Waals surface area contributed by atoms with Crippen molar-refractivity contribution in [2.24, 2.45) is 23.7 Å². The number of carbonyl (C=O) groups is 1. The Labute approximate surface area is 129 Å². The summed E-state index contributed by atoms with van der Waals surface area (Å²) in [5.41, 5.74) is 8.61. The molecule has 1 nitrogen and oxygen atoms in total. The highest BCUT2D eigenvalue weighted by Gasteiger charge is 2.63. The first-order chi connectivity index (χ1) is 10.8. The van der Waals surface area contributed by atoms with Gasteiger partial charge in [0.1, 0.15) is 5.78 Å². The molecule has 0 spiro atoms. The van der Waals surface area contributed by atoms with Crippen LogP contribution in [-0.4, -0.2) is 5.78 Å². The predicted molar refractivity (Wildman–Crippen MR) is 86.1 cm³/mol. The quantitative estimate of drug-likeness (QED) is 0.600. The van der Waals surface area contributed by atoms with Crippen molar-refractivity contribution in [2.75, 3.05) is 0 Å². The molecule has 0 N–H and O–H groups in total. The molecule has 5 aliphatic rings. The highest BCUT2D eigenvalue weighted by Crippen LogP contribution is 2.66. The minimum Gasteiger partial charge on any atom is -0.299 e. The van der Waals surface area contributed by atoms with Gasteiger partial charge in [0, 0.05) is 11.8 Å². The van der Waals surface area contributed by atoms with Gasteiger partial charge in [-0.1, -0.05) is 54.1 Å². The molecule has 0 heterocycles. The maximum absolute atomic E-state index is 12.2. The highest BCUT2D eigenvalue weighted by molar-refractivity contribution is 6.04. The Balaban J connectivity index is 1.69. The first-order valence-corrected chi connectivity index (χ1v) is 8.31. The van der Waals surface area contributed by atoms with E-state index in [-0.39, 0.29) is 0 Å². The molecule has 4 atom stereocenters. The van der Waals surface area contributed by atoms with Gasteiger partial charge in [0.15, 0.2) is 0 Å². The lowest BCUT2D eigenvalue weighted by Crippen LogP contribution is -2.15. The normalized spacial score (nSPS) is 33.0. The topological polar surface area (TPSA) is 17.1 Å². The van der Waals surface area contributed by atoms with Crippen LogP contribution in [0.3, 0.4) is 0 Å². The summed E-state index contributed by atoms with van der Waals surface area (Å²) in [5.74, 6) is 2.34. The molecule has 2 aromatic rings. The van der Waals surface area contributed by atoms with Crippen LogP contribution in [0.25, 0.3) is 16.7 Å². The monoisotopic (exact) mass is 284 g/mol. The van der Waals surface area contributed by atoms with Crippen molar-refractivity contribution in [3.63, 3.8) is 0 Å². The molecule has 7 rings (SSSR count). The Morgan fingerprint density at radius 2 is 1.09 bits per heavy atom. The average molecular weight is 284 g/mol. The molecule has 22 heavy (non-hydrogen) atoms. The Morgan fingerprint density at radius 3 is 1.55 bits per heavy atom. The minimum absolute atomic E-state index is 0.345. The van der Waals surface area contributed by atoms with Crippen LogP contribution in [0.2, 0.25) is 0 Å². The molecule has 2 aromatic carbocycles. The molecule has 5 aliphatic carbocycles. The Morgan fingerprint density at radius 1 is 0.636 bits per heavy atom. The first-order valence-electron chi connectivity index (χ1n) is 8.31. The molecule has 0 radical (unpaired) electrons. The second kappa shape index (κ2) is 3.60. The van der Waals surface area contributed by atoms with E-state index in [4.69, 9.17) is 0 Å². The van der Waals surface area contributed by atoms with E-state index >= 15 is 0 Å².